The fraction of sp³-hybridized carbons (Fsp3) is 0. The largest absolute Gasteiger partial charge is 0.423 e. The molecular weight excluding hydrogens is 503 g/mol. The molecule has 0 aromatic heterocycles. The van der Waals surface area contributed by atoms with Crippen LogP contribution in [0.5, 0.6) is 5.75 Å². The van der Waals surface area contributed by atoms with Gasteiger partial charge in [0.25, 0.3) is 5.91 Å². The number of esters is 1. The van der Waals surface area contributed by atoms with Crippen LogP contribution in [0.2, 0.25) is 10.0 Å². The second-order valence-electron chi connectivity index (χ2n) is 6.22. The highest BCUT2D eigenvalue weighted by atomic mass is 79.9. The van der Waals surface area contributed by atoms with Gasteiger partial charge in [0.05, 0.1) is 15.6 Å². The molecule has 0 aliphatic carbocycles. The van der Waals surface area contributed by atoms with Crippen molar-refractivity contribution in [3.8, 4) is 11.8 Å². The molecule has 1 amide bonds. The minimum absolute atomic E-state index is 0.0662. The van der Waals surface area contributed by atoms with Gasteiger partial charge in [0.1, 0.15) is 17.4 Å². The van der Waals surface area contributed by atoms with E-state index >= 15 is 0 Å². The molecule has 154 valence electrons. The fourth-order valence-corrected chi connectivity index (χ4v) is 3.03. The summed E-state index contributed by atoms with van der Waals surface area (Å²) in [6, 6.07) is 19.7. The SMILES string of the molecule is N#C/C(=C/c1ccc(OC(=O)c2ccc(Cl)c(Cl)c2)cc1)C(=O)Nc1ccc(Br)cc1. The summed E-state index contributed by atoms with van der Waals surface area (Å²) in [4.78, 5) is 24.6. The van der Waals surface area contributed by atoms with Crippen LogP contribution in [0.25, 0.3) is 6.08 Å². The molecule has 0 bridgehead atoms. The van der Waals surface area contributed by atoms with Crippen molar-refractivity contribution < 1.29 is 14.3 Å². The maximum absolute atomic E-state index is 12.4. The molecule has 0 saturated heterocycles. The van der Waals surface area contributed by atoms with Crippen LogP contribution in [-0.4, -0.2) is 11.9 Å². The third kappa shape index (κ3) is 6.19. The molecule has 0 unspecified atom stereocenters. The summed E-state index contributed by atoms with van der Waals surface area (Å²) < 4.78 is 6.18. The summed E-state index contributed by atoms with van der Waals surface area (Å²) >= 11 is 15.1. The Hall–Kier alpha value is -3.11. The molecule has 8 heteroatoms. The summed E-state index contributed by atoms with van der Waals surface area (Å²) in [6.45, 7) is 0. The van der Waals surface area contributed by atoms with Crippen molar-refractivity contribution in [2.75, 3.05) is 5.32 Å². The third-order valence-electron chi connectivity index (χ3n) is 4.02. The highest BCUT2D eigenvalue weighted by Crippen LogP contribution is 2.24. The normalized spacial score (nSPS) is 10.8. The number of carbonyl (C=O) groups is 2. The first-order valence-corrected chi connectivity index (χ1v) is 10.4. The monoisotopic (exact) mass is 514 g/mol. The number of carbonyl (C=O) groups excluding carboxylic acids is 2. The van der Waals surface area contributed by atoms with Crippen LogP contribution < -0.4 is 10.1 Å². The Kier molecular flexibility index (Phi) is 7.48. The van der Waals surface area contributed by atoms with Crippen molar-refractivity contribution in [1.29, 1.82) is 5.26 Å². The van der Waals surface area contributed by atoms with Crippen molar-refractivity contribution in [3.05, 3.63) is 97.9 Å². The zero-order chi connectivity index (χ0) is 22.4. The van der Waals surface area contributed by atoms with E-state index in [-0.39, 0.29) is 16.2 Å². The van der Waals surface area contributed by atoms with Crippen LogP contribution in [0.3, 0.4) is 0 Å². The predicted molar refractivity (Wildman–Crippen MR) is 124 cm³/mol. The van der Waals surface area contributed by atoms with E-state index in [1.54, 1.807) is 48.5 Å². The number of rotatable bonds is 5. The van der Waals surface area contributed by atoms with Crippen LogP contribution in [0.15, 0.2) is 76.8 Å². The Labute approximate surface area is 197 Å². The third-order valence-corrected chi connectivity index (χ3v) is 5.29. The van der Waals surface area contributed by atoms with Gasteiger partial charge < -0.3 is 10.1 Å². The molecule has 0 saturated carbocycles. The summed E-state index contributed by atoms with van der Waals surface area (Å²) in [5.74, 6) is -0.820. The number of halogens is 3. The van der Waals surface area contributed by atoms with Crippen molar-refractivity contribution >= 4 is 62.8 Å². The summed E-state index contributed by atoms with van der Waals surface area (Å²) in [7, 11) is 0. The molecule has 0 aliphatic heterocycles. The van der Waals surface area contributed by atoms with E-state index in [1.165, 1.54) is 24.3 Å². The summed E-state index contributed by atoms with van der Waals surface area (Å²) in [5.41, 5.74) is 1.36. The zero-order valence-corrected chi connectivity index (χ0v) is 18.8. The van der Waals surface area contributed by atoms with E-state index in [0.717, 1.165) is 4.47 Å². The summed E-state index contributed by atoms with van der Waals surface area (Å²) in [5, 5.41) is 12.6. The zero-order valence-electron chi connectivity index (χ0n) is 15.7. The van der Waals surface area contributed by atoms with Crippen molar-refractivity contribution in [1.82, 2.24) is 0 Å². The molecule has 0 fully saturated rings. The van der Waals surface area contributed by atoms with E-state index in [9.17, 15) is 14.9 Å². The second kappa shape index (κ2) is 10.3. The van der Waals surface area contributed by atoms with Crippen LogP contribution in [0, 0.1) is 11.3 Å². The fourth-order valence-electron chi connectivity index (χ4n) is 2.47. The van der Waals surface area contributed by atoms with Crippen LogP contribution >= 0.6 is 39.1 Å². The van der Waals surface area contributed by atoms with Crippen molar-refractivity contribution in [3.63, 3.8) is 0 Å². The molecular formula is C23H13BrCl2N2O3. The maximum Gasteiger partial charge on any atom is 0.343 e. The molecule has 3 aromatic carbocycles. The van der Waals surface area contributed by atoms with E-state index in [1.807, 2.05) is 6.07 Å². The predicted octanol–water partition coefficient (Wildman–Crippen LogP) is 6.52. The molecule has 0 spiro atoms. The Morgan fingerprint density at radius 3 is 2.26 bits per heavy atom. The number of anilines is 1. The molecule has 0 heterocycles. The minimum Gasteiger partial charge on any atom is -0.423 e. The number of amides is 1. The van der Waals surface area contributed by atoms with Crippen molar-refractivity contribution in [2.24, 2.45) is 0 Å². The smallest absolute Gasteiger partial charge is 0.343 e. The van der Waals surface area contributed by atoms with Gasteiger partial charge in [0, 0.05) is 10.2 Å². The lowest BCUT2D eigenvalue weighted by Crippen LogP contribution is -2.13. The van der Waals surface area contributed by atoms with Crippen LogP contribution in [-0.2, 0) is 4.79 Å². The molecule has 0 radical (unpaired) electrons. The molecule has 0 atom stereocenters. The van der Waals surface area contributed by atoms with Crippen LogP contribution in [0.4, 0.5) is 5.69 Å². The standard InChI is InChI=1S/C23H13BrCl2N2O3/c24-17-4-6-18(7-5-17)28-22(29)16(13-27)11-14-1-8-19(9-2-14)31-23(30)15-3-10-20(25)21(26)12-15/h1-12H,(H,28,29)/b16-11-. The quantitative estimate of drug-likeness (QED) is 0.181. The Bertz CT molecular complexity index is 1200. The van der Waals surface area contributed by atoms with E-state index < -0.39 is 11.9 Å². The number of ether oxygens (including phenoxy) is 1. The van der Waals surface area contributed by atoms with E-state index in [4.69, 9.17) is 27.9 Å². The molecule has 5 nitrogen and oxygen atoms in total. The van der Waals surface area contributed by atoms with Gasteiger partial charge in [-0.15, -0.1) is 0 Å². The number of hydrogen-bond donors (Lipinski definition) is 1. The van der Waals surface area contributed by atoms with Gasteiger partial charge in [0.2, 0.25) is 0 Å². The van der Waals surface area contributed by atoms with Gasteiger partial charge in [-0.05, 0) is 66.2 Å². The number of nitrogens with one attached hydrogen (secondary N) is 1. The van der Waals surface area contributed by atoms with Gasteiger partial charge in [0.15, 0.2) is 0 Å². The van der Waals surface area contributed by atoms with Gasteiger partial charge in [-0.3, -0.25) is 4.79 Å². The molecule has 0 aliphatic rings. The average molecular weight is 516 g/mol. The van der Waals surface area contributed by atoms with Crippen LogP contribution in [0.1, 0.15) is 15.9 Å². The first kappa shape index (κ1) is 22.6. The van der Waals surface area contributed by atoms with Gasteiger partial charge in [-0.25, -0.2) is 4.79 Å². The highest BCUT2D eigenvalue weighted by molar-refractivity contribution is 9.10. The lowest BCUT2D eigenvalue weighted by molar-refractivity contribution is -0.112. The van der Waals surface area contributed by atoms with Gasteiger partial charge in [-0.2, -0.15) is 5.26 Å². The lowest BCUT2D eigenvalue weighted by Gasteiger charge is -2.06. The topological polar surface area (TPSA) is 79.2 Å². The van der Waals surface area contributed by atoms with E-state index in [0.29, 0.717) is 22.0 Å². The number of benzene rings is 3. The van der Waals surface area contributed by atoms with E-state index in [2.05, 4.69) is 21.2 Å². The molecule has 31 heavy (non-hydrogen) atoms. The lowest BCUT2D eigenvalue weighted by atomic mass is 10.1. The second-order valence-corrected chi connectivity index (χ2v) is 7.95. The molecule has 1 N–H and O–H groups in total. The number of nitrogens with zero attached hydrogens (tertiary/aromatic N) is 1. The first-order chi connectivity index (χ1) is 14.9. The Balaban J connectivity index is 1.69. The maximum atomic E-state index is 12.4. The first-order valence-electron chi connectivity index (χ1n) is 8.82. The molecule has 3 aromatic rings. The Morgan fingerprint density at radius 2 is 1.65 bits per heavy atom. The van der Waals surface area contributed by atoms with Crippen molar-refractivity contribution in [2.45, 2.75) is 0 Å². The van der Waals surface area contributed by atoms with Gasteiger partial charge in [-0.1, -0.05) is 51.3 Å². The molecule has 3 rings (SSSR count). The average Bonchev–Trinajstić information content (AvgIpc) is 2.76. The highest BCUT2D eigenvalue weighted by Gasteiger charge is 2.12. The summed E-state index contributed by atoms with van der Waals surface area (Å²) in [6.07, 6.45) is 1.44. The minimum atomic E-state index is -0.589. The number of nitriles is 1. The number of hydrogen-bond acceptors (Lipinski definition) is 4. The Morgan fingerprint density at radius 1 is 0.968 bits per heavy atom. The van der Waals surface area contributed by atoms with Gasteiger partial charge >= 0.3 is 5.97 Å².